The fourth-order valence-electron chi connectivity index (χ4n) is 9.71. The van der Waals surface area contributed by atoms with Gasteiger partial charge in [0.05, 0.1) is 38.8 Å². The molecular weight excluding hydrogens is 769 g/mol. The molecule has 6 nitrogen and oxygen atoms in total. The average Bonchev–Trinajstić information content (AvgIpc) is 3.99. The van der Waals surface area contributed by atoms with Crippen LogP contribution in [0, 0.1) is 0 Å². The molecule has 0 unspecified atom stereocenters. The Balaban J connectivity index is 1.01. The van der Waals surface area contributed by atoms with Gasteiger partial charge in [0, 0.05) is 60.4 Å². The van der Waals surface area contributed by atoms with Crippen molar-refractivity contribution in [3.8, 4) is 51.2 Å². The third kappa shape index (κ3) is 5.48. The number of aromatic nitrogens is 6. The van der Waals surface area contributed by atoms with E-state index in [4.69, 9.17) is 15.0 Å². The highest BCUT2D eigenvalue weighted by atomic mass is 15.0. The van der Waals surface area contributed by atoms with Crippen LogP contribution in [-0.4, -0.2) is 28.7 Å². The molecule has 4 aromatic heterocycles. The molecule has 0 amide bonds. The Bertz CT molecular complexity index is 3820. The highest BCUT2D eigenvalue weighted by Gasteiger charge is 2.22. The summed E-state index contributed by atoms with van der Waals surface area (Å²) >= 11 is 0. The zero-order valence-corrected chi connectivity index (χ0v) is 34.0. The molecule has 0 saturated heterocycles. The Morgan fingerprint density at radius 3 is 1.22 bits per heavy atom. The fraction of sp³-hybridized carbons (Fsp3) is 0. The number of fused-ring (bicyclic) bond motifs is 9. The van der Waals surface area contributed by atoms with Crippen LogP contribution in [0.25, 0.3) is 117 Å². The molecule has 0 saturated carbocycles. The molecule has 63 heavy (non-hydrogen) atoms. The van der Waals surface area contributed by atoms with Gasteiger partial charge in [-0.05, 0) is 78.9 Å². The van der Waals surface area contributed by atoms with Crippen molar-refractivity contribution in [1.29, 1.82) is 0 Å². The van der Waals surface area contributed by atoms with Gasteiger partial charge >= 0.3 is 0 Å². The zero-order valence-electron chi connectivity index (χ0n) is 34.0. The predicted molar refractivity (Wildman–Crippen MR) is 259 cm³/mol. The highest BCUT2D eigenvalue weighted by Crippen LogP contribution is 2.43. The maximum atomic E-state index is 5.00. The van der Waals surface area contributed by atoms with Crippen molar-refractivity contribution in [3.63, 3.8) is 0 Å². The first-order chi connectivity index (χ1) is 31.3. The SMILES string of the molecule is c1ccc(-c2nc(-c3ccccc3)nc(-c3ccc(-n4c5ccccc5c5cc6c(cc54)c4ccccc4n6-c4cccc5c4c4ccccc4n5-c4ccccc4)cc3)n2)cc1. The fourth-order valence-corrected chi connectivity index (χ4v) is 9.71. The molecule has 0 aliphatic heterocycles. The van der Waals surface area contributed by atoms with E-state index in [0.717, 1.165) is 44.8 Å². The largest absolute Gasteiger partial charge is 0.309 e. The molecule has 0 atom stereocenters. The smallest absolute Gasteiger partial charge is 0.164 e. The molecule has 4 heterocycles. The quantitative estimate of drug-likeness (QED) is 0.168. The summed E-state index contributed by atoms with van der Waals surface area (Å²) in [5, 5.41) is 7.27. The second kappa shape index (κ2) is 14.0. The first-order valence-electron chi connectivity index (χ1n) is 21.3. The Morgan fingerprint density at radius 2 is 0.651 bits per heavy atom. The summed E-state index contributed by atoms with van der Waals surface area (Å²) in [6, 6.07) is 77.4. The lowest BCUT2D eigenvalue weighted by molar-refractivity contribution is 1.07. The number of para-hydroxylation sites is 4. The van der Waals surface area contributed by atoms with E-state index >= 15 is 0 Å². The Kier molecular flexibility index (Phi) is 7.80. The summed E-state index contributed by atoms with van der Waals surface area (Å²) in [6.45, 7) is 0. The number of nitrogens with zero attached hydrogens (tertiary/aromatic N) is 6. The maximum absolute atomic E-state index is 5.00. The molecule has 13 aromatic rings. The molecule has 0 aliphatic rings. The molecular formula is C57H36N6. The van der Waals surface area contributed by atoms with Crippen molar-refractivity contribution in [1.82, 2.24) is 28.7 Å². The van der Waals surface area contributed by atoms with Crippen LogP contribution < -0.4 is 0 Å². The third-order valence-electron chi connectivity index (χ3n) is 12.5. The first kappa shape index (κ1) is 35.2. The maximum Gasteiger partial charge on any atom is 0.164 e. The van der Waals surface area contributed by atoms with Gasteiger partial charge in [0.25, 0.3) is 0 Å². The number of hydrogen-bond donors (Lipinski definition) is 0. The van der Waals surface area contributed by atoms with Crippen LogP contribution in [0.2, 0.25) is 0 Å². The van der Waals surface area contributed by atoms with Crippen LogP contribution in [0.3, 0.4) is 0 Å². The lowest BCUT2D eigenvalue weighted by atomic mass is 10.1. The second-order valence-electron chi connectivity index (χ2n) is 16.0. The van der Waals surface area contributed by atoms with Crippen molar-refractivity contribution in [2.24, 2.45) is 0 Å². The molecule has 0 N–H and O–H groups in total. The van der Waals surface area contributed by atoms with Crippen LogP contribution in [-0.2, 0) is 0 Å². The average molecular weight is 805 g/mol. The van der Waals surface area contributed by atoms with Gasteiger partial charge in [-0.15, -0.1) is 0 Å². The van der Waals surface area contributed by atoms with Crippen LogP contribution in [0.4, 0.5) is 0 Å². The number of rotatable bonds is 6. The minimum atomic E-state index is 0.632. The minimum Gasteiger partial charge on any atom is -0.309 e. The van der Waals surface area contributed by atoms with E-state index in [9.17, 15) is 0 Å². The Hall–Kier alpha value is -8.61. The summed E-state index contributed by atoms with van der Waals surface area (Å²) in [6.07, 6.45) is 0. The summed E-state index contributed by atoms with van der Waals surface area (Å²) < 4.78 is 7.27. The van der Waals surface area contributed by atoms with E-state index in [0.29, 0.717) is 17.5 Å². The van der Waals surface area contributed by atoms with E-state index < -0.39 is 0 Å². The normalized spacial score (nSPS) is 11.8. The third-order valence-corrected chi connectivity index (χ3v) is 12.5. The van der Waals surface area contributed by atoms with Gasteiger partial charge in [0.15, 0.2) is 17.5 Å². The van der Waals surface area contributed by atoms with Gasteiger partial charge in [0.1, 0.15) is 0 Å². The summed E-state index contributed by atoms with van der Waals surface area (Å²) in [5.41, 5.74) is 13.2. The van der Waals surface area contributed by atoms with Crippen LogP contribution in [0.15, 0.2) is 218 Å². The van der Waals surface area contributed by atoms with Crippen molar-refractivity contribution in [2.75, 3.05) is 0 Å². The Morgan fingerprint density at radius 1 is 0.254 bits per heavy atom. The van der Waals surface area contributed by atoms with E-state index in [-0.39, 0.29) is 0 Å². The lowest BCUT2D eigenvalue weighted by Crippen LogP contribution is -2.00. The topological polar surface area (TPSA) is 53.5 Å². The van der Waals surface area contributed by atoms with E-state index in [2.05, 4.69) is 171 Å². The van der Waals surface area contributed by atoms with Gasteiger partial charge in [-0.25, -0.2) is 15.0 Å². The molecule has 6 heteroatoms. The minimum absolute atomic E-state index is 0.632. The van der Waals surface area contributed by atoms with Gasteiger partial charge in [-0.3, -0.25) is 0 Å². The summed E-state index contributed by atoms with van der Waals surface area (Å²) in [4.78, 5) is 14.9. The lowest BCUT2D eigenvalue weighted by Gasteiger charge is -2.12. The summed E-state index contributed by atoms with van der Waals surface area (Å²) in [5.74, 6) is 1.92. The predicted octanol–water partition coefficient (Wildman–Crippen LogP) is 14.2. The van der Waals surface area contributed by atoms with Crippen LogP contribution in [0.5, 0.6) is 0 Å². The molecule has 0 aliphatic carbocycles. The standard InChI is InChI=1S/C57H36N6/c1-4-17-37(18-5-1)55-58-56(38-19-6-2-7-20-38)60-57(59-55)39-31-33-41(34-32-39)62-47-26-13-10-23-42(47)45-36-53-46(35-52(45)62)43-24-11-14-27-48(43)63(53)51-30-16-29-50-54(51)44-25-12-15-28-49(44)61(50)40-21-8-3-9-22-40/h1-36H. The van der Waals surface area contributed by atoms with Gasteiger partial charge in [-0.1, -0.05) is 140 Å². The van der Waals surface area contributed by atoms with E-state index in [1.54, 1.807) is 0 Å². The van der Waals surface area contributed by atoms with Crippen molar-refractivity contribution in [3.05, 3.63) is 218 Å². The highest BCUT2D eigenvalue weighted by molar-refractivity contribution is 6.21. The van der Waals surface area contributed by atoms with Crippen LogP contribution >= 0.6 is 0 Å². The van der Waals surface area contributed by atoms with Crippen molar-refractivity contribution in [2.45, 2.75) is 0 Å². The second-order valence-corrected chi connectivity index (χ2v) is 16.0. The monoisotopic (exact) mass is 804 g/mol. The molecule has 0 radical (unpaired) electrons. The molecule has 0 fully saturated rings. The van der Waals surface area contributed by atoms with Gasteiger partial charge < -0.3 is 13.7 Å². The molecule has 9 aromatic carbocycles. The first-order valence-corrected chi connectivity index (χ1v) is 21.3. The zero-order chi connectivity index (χ0) is 41.4. The van der Waals surface area contributed by atoms with E-state index in [1.807, 2.05) is 60.7 Å². The molecule has 0 bridgehead atoms. The number of benzene rings is 9. The molecule has 294 valence electrons. The van der Waals surface area contributed by atoms with Crippen LogP contribution in [0.1, 0.15) is 0 Å². The summed E-state index contributed by atoms with van der Waals surface area (Å²) in [7, 11) is 0. The molecule has 13 rings (SSSR count). The Labute approximate surface area is 362 Å². The van der Waals surface area contributed by atoms with Crippen molar-refractivity contribution < 1.29 is 0 Å². The van der Waals surface area contributed by atoms with E-state index in [1.165, 1.54) is 54.4 Å². The van der Waals surface area contributed by atoms with Gasteiger partial charge in [0.2, 0.25) is 0 Å². The molecule has 0 spiro atoms. The van der Waals surface area contributed by atoms with Gasteiger partial charge in [-0.2, -0.15) is 0 Å². The van der Waals surface area contributed by atoms with Crippen molar-refractivity contribution >= 4 is 65.4 Å². The number of hydrogen-bond acceptors (Lipinski definition) is 3.